The summed E-state index contributed by atoms with van der Waals surface area (Å²) in [5.41, 5.74) is 7.31. The molecule has 0 bridgehead atoms. The predicted octanol–water partition coefficient (Wildman–Crippen LogP) is 3.02. The third-order valence-electron chi connectivity index (χ3n) is 3.60. The second-order valence-electron chi connectivity index (χ2n) is 5.39. The SMILES string of the molecule is NC(=O)[C@@H](OC(=O)/C=C\c1ccc2ccccc2n1)c1ccccc1. The third kappa shape index (κ3) is 4.09. The monoisotopic (exact) mass is 332 g/mol. The summed E-state index contributed by atoms with van der Waals surface area (Å²) in [7, 11) is 0. The third-order valence-corrected chi connectivity index (χ3v) is 3.60. The number of pyridine rings is 1. The Balaban J connectivity index is 1.73. The first-order chi connectivity index (χ1) is 12.1. The molecular weight excluding hydrogens is 316 g/mol. The number of para-hydroxylation sites is 1. The molecule has 1 aromatic heterocycles. The molecule has 0 aliphatic rings. The van der Waals surface area contributed by atoms with Crippen molar-refractivity contribution < 1.29 is 14.3 Å². The number of nitrogens with two attached hydrogens (primary N) is 1. The van der Waals surface area contributed by atoms with E-state index in [0.717, 1.165) is 10.9 Å². The van der Waals surface area contributed by atoms with Gasteiger partial charge in [0.2, 0.25) is 6.10 Å². The molecule has 1 atom stereocenters. The fourth-order valence-corrected chi connectivity index (χ4v) is 2.40. The number of carbonyl (C=O) groups is 2. The van der Waals surface area contributed by atoms with E-state index < -0.39 is 18.0 Å². The summed E-state index contributed by atoms with van der Waals surface area (Å²) >= 11 is 0. The molecule has 0 radical (unpaired) electrons. The second kappa shape index (κ2) is 7.40. The average molecular weight is 332 g/mol. The Morgan fingerprint density at radius 2 is 1.68 bits per heavy atom. The first-order valence-corrected chi connectivity index (χ1v) is 7.72. The number of amides is 1. The van der Waals surface area contributed by atoms with Crippen LogP contribution < -0.4 is 5.73 Å². The van der Waals surface area contributed by atoms with Crippen LogP contribution in [0, 0.1) is 0 Å². The number of primary amides is 1. The highest BCUT2D eigenvalue weighted by atomic mass is 16.5. The molecular formula is C20H16N2O3. The fraction of sp³-hybridized carbons (Fsp3) is 0.0500. The van der Waals surface area contributed by atoms with Crippen LogP contribution in [-0.4, -0.2) is 16.9 Å². The summed E-state index contributed by atoms with van der Waals surface area (Å²) in [6.45, 7) is 0. The van der Waals surface area contributed by atoms with Crippen LogP contribution >= 0.6 is 0 Å². The fourth-order valence-electron chi connectivity index (χ4n) is 2.40. The van der Waals surface area contributed by atoms with E-state index in [1.54, 1.807) is 36.4 Å². The maximum atomic E-state index is 12.0. The van der Waals surface area contributed by atoms with Gasteiger partial charge in [-0.2, -0.15) is 0 Å². The van der Waals surface area contributed by atoms with E-state index in [9.17, 15) is 9.59 Å². The lowest BCUT2D eigenvalue weighted by Gasteiger charge is -2.13. The van der Waals surface area contributed by atoms with Crippen molar-refractivity contribution in [2.75, 3.05) is 0 Å². The normalized spacial score (nSPS) is 12.2. The Labute approximate surface area is 144 Å². The topological polar surface area (TPSA) is 82.3 Å². The number of hydrogen-bond donors (Lipinski definition) is 1. The highest BCUT2D eigenvalue weighted by Gasteiger charge is 2.21. The molecule has 0 aliphatic carbocycles. The van der Waals surface area contributed by atoms with Gasteiger partial charge < -0.3 is 10.5 Å². The van der Waals surface area contributed by atoms with Crippen LogP contribution in [0.15, 0.2) is 72.8 Å². The highest BCUT2D eigenvalue weighted by Crippen LogP contribution is 2.17. The number of fused-ring (bicyclic) bond motifs is 1. The van der Waals surface area contributed by atoms with Gasteiger partial charge in [0.15, 0.2) is 0 Å². The maximum absolute atomic E-state index is 12.0. The molecule has 0 spiro atoms. The molecule has 0 unspecified atom stereocenters. The van der Waals surface area contributed by atoms with Crippen molar-refractivity contribution in [2.45, 2.75) is 6.10 Å². The first-order valence-electron chi connectivity index (χ1n) is 7.72. The lowest BCUT2D eigenvalue weighted by atomic mass is 10.1. The average Bonchev–Trinajstić information content (AvgIpc) is 2.64. The van der Waals surface area contributed by atoms with Crippen LogP contribution in [0.1, 0.15) is 17.4 Å². The first kappa shape index (κ1) is 16.4. The number of esters is 1. The van der Waals surface area contributed by atoms with E-state index in [-0.39, 0.29) is 0 Å². The number of hydrogen-bond acceptors (Lipinski definition) is 4. The molecule has 25 heavy (non-hydrogen) atoms. The summed E-state index contributed by atoms with van der Waals surface area (Å²) < 4.78 is 5.18. The Kier molecular flexibility index (Phi) is 4.85. The van der Waals surface area contributed by atoms with Crippen molar-refractivity contribution in [3.63, 3.8) is 0 Å². The van der Waals surface area contributed by atoms with Gasteiger partial charge in [-0.15, -0.1) is 0 Å². The van der Waals surface area contributed by atoms with Crippen molar-refractivity contribution in [3.8, 4) is 0 Å². The Morgan fingerprint density at radius 3 is 2.44 bits per heavy atom. The van der Waals surface area contributed by atoms with E-state index in [4.69, 9.17) is 10.5 Å². The van der Waals surface area contributed by atoms with E-state index >= 15 is 0 Å². The van der Waals surface area contributed by atoms with Gasteiger partial charge in [-0.3, -0.25) is 4.79 Å². The number of aromatic nitrogens is 1. The summed E-state index contributed by atoms with van der Waals surface area (Å²) in [5.74, 6) is -1.39. The van der Waals surface area contributed by atoms with Crippen molar-refractivity contribution in [2.24, 2.45) is 5.73 Å². The van der Waals surface area contributed by atoms with Crippen LogP contribution in [0.5, 0.6) is 0 Å². The van der Waals surface area contributed by atoms with Gasteiger partial charge in [-0.05, 0) is 18.2 Å². The molecule has 5 heteroatoms. The molecule has 124 valence electrons. The predicted molar refractivity (Wildman–Crippen MR) is 95.2 cm³/mol. The van der Waals surface area contributed by atoms with E-state index in [1.807, 2.05) is 30.3 Å². The van der Waals surface area contributed by atoms with Gasteiger partial charge in [0, 0.05) is 17.0 Å². The van der Waals surface area contributed by atoms with Gasteiger partial charge >= 0.3 is 5.97 Å². The molecule has 3 rings (SSSR count). The second-order valence-corrected chi connectivity index (χ2v) is 5.39. The molecule has 2 aromatic carbocycles. The summed E-state index contributed by atoms with van der Waals surface area (Å²) in [4.78, 5) is 28.0. The zero-order chi connectivity index (χ0) is 17.6. The zero-order valence-electron chi connectivity index (χ0n) is 13.3. The van der Waals surface area contributed by atoms with Crippen LogP contribution in [0.25, 0.3) is 17.0 Å². The van der Waals surface area contributed by atoms with E-state index in [0.29, 0.717) is 11.3 Å². The summed E-state index contributed by atoms with van der Waals surface area (Å²) in [5, 5.41) is 1.01. The number of rotatable bonds is 5. The lowest BCUT2D eigenvalue weighted by Crippen LogP contribution is -2.25. The number of carbonyl (C=O) groups excluding carboxylic acids is 2. The van der Waals surface area contributed by atoms with Crippen LogP contribution in [0.3, 0.4) is 0 Å². The van der Waals surface area contributed by atoms with E-state index in [2.05, 4.69) is 4.98 Å². The van der Waals surface area contributed by atoms with Crippen LogP contribution in [0.4, 0.5) is 0 Å². The van der Waals surface area contributed by atoms with Crippen molar-refractivity contribution in [1.82, 2.24) is 4.98 Å². The number of ether oxygens (including phenoxy) is 1. The Morgan fingerprint density at radius 1 is 0.960 bits per heavy atom. The molecule has 3 aromatic rings. The Bertz CT molecular complexity index is 936. The Hall–Kier alpha value is -3.47. The maximum Gasteiger partial charge on any atom is 0.331 e. The molecule has 0 saturated heterocycles. The van der Waals surface area contributed by atoms with Crippen molar-refractivity contribution in [1.29, 1.82) is 0 Å². The quantitative estimate of drug-likeness (QED) is 0.575. The molecule has 5 nitrogen and oxygen atoms in total. The smallest absolute Gasteiger partial charge is 0.331 e. The molecule has 0 fully saturated rings. The van der Waals surface area contributed by atoms with Crippen LogP contribution in [-0.2, 0) is 14.3 Å². The lowest BCUT2D eigenvalue weighted by molar-refractivity contribution is -0.150. The minimum atomic E-state index is -1.12. The van der Waals surface area contributed by atoms with Gasteiger partial charge in [0.05, 0.1) is 11.2 Å². The standard InChI is InChI=1S/C20H16N2O3/c21-20(24)19(15-7-2-1-3-8-15)25-18(23)13-12-16-11-10-14-6-4-5-9-17(14)22-16/h1-13,19H,(H2,21,24)/b13-12-/t19-/m0/s1. The number of benzene rings is 2. The molecule has 1 amide bonds. The van der Waals surface area contributed by atoms with Gasteiger partial charge in [-0.25, -0.2) is 9.78 Å². The minimum absolute atomic E-state index is 0.528. The molecule has 2 N–H and O–H groups in total. The largest absolute Gasteiger partial charge is 0.444 e. The van der Waals surface area contributed by atoms with Gasteiger partial charge in [0.1, 0.15) is 0 Å². The zero-order valence-corrected chi connectivity index (χ0v) is 13.3. The van der Waals surface area contributed by atoms with Gasteiger partial charge in [0.25, 0.3) is 5.91 Å². The minimum Gasteiger partial charge on any atom is -0.444 e. The van der Waals surface area contributed by atoms with E-state index in [1.165, 1.54) is 12.2 Å². The highest BCUT2D eigenvalue weighted by molar-refractivity contribution is 5.90. The van der Waals surface area contributed by atoms with Crippen molar-refractivity contribution >= 4 is 28.9 Å². The number of nitrogens with zero attached hydrogens (tertiary/aromatic N) is 1. The summed E-state index contributed by atoms with van der Waals surface area (Å²) in [6, 6.07) is 20.0. The van der Waals surface area contributed by atoms with Crippen molar-refractivity contribution in [3.05, 3.63) is 84.1 Å². The van der Waals surface area contributed by atoms with Gasteiger partial charge in [-0.1, -0.05) is 54.6 Å². The summed E-state index contributed by atoms with van der Waals surface area (Å²) in [6.07, 6.45) is 1.65. The van der Waals surface area contributed by atoms with Crippen LogP contribution in [0.2, 0.25) is 0 Å². The molecule has 0 aliphatic heterocycles. The molecule has 1 heterocycles. The molecule has 0 saturated carbocycles.